The van der Waals surface area contributed by atoms with Crippen molar-refractivity contribution >= 4 is 11.9 Å². The Hall–Kier alpha value is -2.43. The van der Waals surface area contributed by atoms with E-state index in [-0.39, 0.29) is 5.57 Å². The third kappa shape index (κ3) is 2.22. The summed E-state index contributed by atoms with van der Waals surface area (Å²) in [4.78, 5) is 22.9. The van der Waals surface area contributed by atoms with Gasteiger partial charge < -0.3 is 10.2 Å². The van der Waals surface area contributed by atoms with E-state index in [0.29, 0.717) is 5.56 Å². The predicted octanol–water partition coefficient (Wildman–Crippen LogP) is 2.58. The van der Waals surface area contributed by atoms with E-state index in [1.54, 1.807) is 0 Å². The molecule has 0 fully saturated rings. The quantitative estimate of drug-likeness (QED) is 0.889. The van der Waals surface area contributed by atoms with Crippen LogP contribution in [-0.4, -0.2) is 22.2 Å². The van der Waals surface area contributed by atoms with E-state index < -0.39 is 29.1 Å². The third-order valence-electron chi connectivity index (χ3n) is 3.52. The van der Waals surface area contributed by atoms with E-state index in [0.717, 1.165) is 0 Å². The van der Waals surface area contributed by atoms with Gasteiger partial charge >= 0.3 is 11.9 Å². The molecule has 5 heteroatoms. The Labute approximate surface area is 114 Å². The topological polar surface area (TPSA) is 74.6 Å². The first-order valence-corrected chi connectivity index (χ1v) is 5.98. The highest BCUT2D eigenvalue weighted by Gasteiger charge is 2.45. The van der Waals surface area contributed by atoms with Crippen molar-refractivity contribution < 1.29 is 24.2 Å². The van der Waals surface area contributed by atoms with E-state index in [9.17, 15) is 24.2 Å². The first-order chi connectivity index (χ1) is 9.36. The van der Waals surface area contributed by atoms with Crippen molar-refractivity contribution in [1.29, 1.82) is 0 Å². The lowest BCUT2D eigenvalue weighted by molar-refractivity contribution is -0.146. The Morgan fingerprint density at radius 1 is 1.30 bits per heavy atom. The maximum atomic E-state index is 13.4. The predicted molar refractivity (Wildman–Crippen MR) is 69.7 cm³/mol. The molecule has 0 amide bonds. The zero-order valence-electron chi connectivity index (χ0n) is 10.7. The Morgan fingerprint density at radius 2 is 2.00 bits per heavy atom. The van der Waals surface area contributed by atoms with Gasteiger partial charge in [-0.1, -0.05) is 30.4 Å². The summed E-state index contributed by atoms with van der Waals surface area (Å²) in [6, 6.07) is 5.36. The maximum absolute atomic E-state index is 13.4. The summed E-state index contributed by atoms with van der Waals surface area (Å²) in [5.41, 5.74) is -1.17. The van der Waals surface area contributed by atoms with E-state index in [1.165, 1.54) is 49.4 Å². The van der Waals surface area contributed by atoms with Gasteiger partial charge in [-0.05, 0) is 24.6 Å². The fourth-order valence-corrected chi connectivity index (χ4v) is 2.47. The molecule has 1 aliphatic carbocycles. The van der Waals surface area contributed by atoms with Gasteiger partial charge in [0.15, 0.2) is 0 Å². The molecule has 0 heterocycles. The van der Waals surface area contributed by atoms with E-state index in [1.807, 2.05) is 0 Å². The van der Waals surface area contributed by atoms with Crippen molar-refractivity contribution in [3.8, 4) is 0 Å². The molecule has 2 atom stereocenters. The molecule has 0 saturated heterocycles. The van der Waals surface area contributed by atoms with Crippen LogP contribution in [0, 0.1) is 11.2 Å². The number of halogens is 1. The number of carbonyl (C=O) groups is 2. The van der Waals surface area contributed by atoms with Crippen molar-refractivity contribution in [2.45, 2.75) is 12.8 Å². The van der Waals surface area contributed by atoms with Crippen LogP contribution in [0.4, 0.5) is 4.39 Å². The van der Waals surface area contributed by atoms with Crippen LogP contribution in [0.15, 0.2) is 48.1 Å². The van der Waals surface area contributed by atoms with Crippen molar-refractivity contribution in [2.24, 2.45) is 5.41 Å². The second kappa shape index (κ2) is 4.92. The molecule has 104 valence electrons. The number of aliphatic carboxylic acids is 2. The highest BCUT2D eigenvalue weighted by Crippen LogP contribution is 2.45. The minimum atomic E-state index is -1.43. The van der Waals surface area contributed by atoms with Gasteiger partial charge in [0.25, 0.3) is 0 Å². The SMILES string of the molecule is CC1(C(=O)O)C=CC=C(C(=O)O)C1c1cccc(F)c1. The highest BCUT2D eigenvalue weighted by atomic mass is 19.1. The Balaban J connectivity index is 2.63. The molecule has 0 radical (unpaired) electrons. The average molecular weight is 276 g/mol. The molecule has 20 heavy (non-hydrogen) atoms. The molecule has 2 N–H and O–H groups in total. The lowest BCUT2D eigenvalue weighted by Gasteiger charge is -2.34. The molecule has 4 nitrogen and oxygen atoms in total. The van der Waals surface area contributed by atoms with Crippen LogP contribution < -0.4 is 0 Å². The number of hydrogen-bond donors (Lipinski definition) is 2. The standard InChI is InChI=1S/C15H13FO4/c1-15(14(19)20)7-3-6-11(13(17)18)12(15)9-4-2-5-10(16)8-9/h2-8,12H,1H3,(H,17,18)(H,19,20). The van der Waals surface area contributed by atoms with E-state index in [2.05, 4.69) is 0 Å². The van der Waals surface area contributed by atoms with Crippen LogP contribution in [0.1, 0.15) is 18.4 Å². The van der Waals surface area contributed by atoms with Gasteiger partial charge in [0, 0.05) is 11.5 Å². The molecule has 0 bridgehead atoms. The van der Waals surface area contributed by atoms with E-state index >= 15 is 0 Å². The largest absolute Gasteiger partial charge is 0.481 e. The second-order valence-corrected chi connectivity index (χ2v) is 4.86. The summed E-state index contributed by atoms with van der Waals surface area (Å²) < 4.78 is 13.4. The van der Waals surface area contributed by atoms with Crippen LogP contribution in [-0.2, 0) is 9.59 Å². The summed E-state index contributed by atoms with van der Waals surface area (Å²) >= 11 is 0. The third-order valence-corrected chi connectivity index (χ3v) is 3.52. The van der Waals surface area contributed by atoms with Gasteiger partial charge in [-0.25, -0.2) is 9.18 Å². The number of benzene rings is 1. The molecule has 0 aliphatic heterocycles. The lowest BCUT2D eigenvalue weighted by Crippen LogP contribution is -2.36. The van der Waals surface area contributed by atoms with E-state index in [4.69, 9.17) is 0 Å². The molecule has 2 rings (SSSR count). The minimum absolute atomic E-state index is 0.0667. The zero-order valence-corrected chi connectivity index (χ0v) is 10.7. The number of carboxylic acids is 2. The number of allylic oxidation sites excluding steroid dienone is 2. The first-order valence-electron chi connectivity index (χ1n) is 5.98. The maximum Gasteiger partial charge on any atom is 0.332 e. The Bertz CT molecular complexity index is 633. The Kier molecular flexibility index (Phi) is 3.44. The number of hydrogen-bond acceptors (Lipinski definition) is 2. The zero-order chi connectivity index (χ0) is 14.9. The number of rotatable bonds is 3. The van der Waals surface area contributed by atoms with Gasteiger partial charge in [-0.2, -0.15) is 0 Å². The van der Waals surface area contributed by atoms with Gasteiger partial charge in [-0.3, -0.25) is 4.79 Å². The van der Waals surface area contributed by atoms with Crippen LogP contribution in [0.3, 0.4) is 0 Å². The van der Waals surface area contributed by atoms with Gasteiger partial charge in [0.05, 0.1) is 5.41 Å². The van der Waals surface area contributed by atoms with Gasteiger partial charge in [0.1, 0.15) is 5.82 Å². The Morgan fingerprint density at radius 3 is 2.55 bits per heavy atom. The smallest absolute Gasteiger partial charge is 0.332 e. The van der Waals surface area contributed by atoms with Crippen LogP contribution in [0.5, 0.6) is 0 Å². The molecular formula is C15H13FO4. The molecule has 0 aromatic heterocycles. The molecule has 1 aromatic carbocycles. The second-order valence-electron chi connectivity index (χ2n) is 4.86. The fourth-order valence-electron chi connectivity index (χ4n) is 2.47. The average Bonchev–Trinajstić information content (AvgIpc) is 2.38. The van der Waals surface area contributed by atoms with Crippen molar-refractivity contribution in [3.63, 3.8) is 0 Å². The molecule has 0 spiro atoms. The lowest BCUT2D eigenvalue weighted by atomic mass is 9.67. The van der Waals surface area contributed by atoms with Crippen molar-refractivity contribution in [3.05, 3.63) is 59.4 Å². The fraction of sp³-hybridized carbons (Fsp3) is 0.200. The van der Waals surface area contributed by atoms with Crippen LogP contribution in [0.25, 0.3) is 0 Å². The normalized spacial score (nSPS) is 25.1. The molecule has 2 unspecified atom stereocenters. The monoisotopic (exact) mass is 276 g/mol. The summed E-state index contributed by atoms with van der Waals surface area (Å²) in [6.07, 6.45) is 4.19. The summed E-state index contributed by atoms with van der Waals surface area (Å²) in [5, 5.41) is 18.7. The molecular weight excluding hydrogens is 263 g/mol. The van der Waals surface area contributed by atoms with Crippen molar-refractivity contribution in [2.75, 3.05) is 0 Å². The summed E-state index contributed by atoms with van der Waals surface area (Å²) in [5.74, 6) is -3.85. The minimum Gasteiger partial charge on any atom is -0.481 e. The van der Waals surface area contributed by atoms with Crippen LogP contribution in [0.2, 0.25) is 0 Å². The summed E-state index contributed by atoms with van der Waals surface area (Å²) in [7, 11) is 0. The van der Waals surface area contributed by atoms with Gasteiger partial charge in [-0.15, -0.1) is 0 Å². The highest BCUT2D eigenvalue weighted by molar-refractivity contribution is 5.93. The molecule has 1 aromatic rings. The number of carboxylic acid groups (broad SMARTS) is 2. The first kappa shape index (κ1) is 14.0. The molecule has 0 saturated carbocycles. The van der Waals surface area contributed by atoms with Gasteiger partial charge in [0.2, 0.25) is 0 Å². The molecule has 1 aliphatic rings. The van der Waals surface area contributed by atoms with Crippen molar-refractivity contribution in [1.82, 2.24) is 0 Å². The van der Waals surface area contributed by atoms with Crippen LogP contribution >= 0.6 is 0 Å². The summed E-state index contributed by atoms with van der Waals surface area (Å²) in [6.45, 7) is 1.43.